The molecule has 3 nitrogen and oxygen atoms in total. The fourth-order valence-electron chi connectivity index (χ4n) is 3.09. The molecule has 1 fully saturated rings. The average Bonchev–Trinajstić information content (AvgIpc) is 2.70. The summed E-state index contributed by atoms with van der Waals surface area (Å²) in [5.74, 6) is 0.905. The highest BCUT2D eigenvalue weighted by molar-refractivity contribution is 9.10. The highest BCUT2D eigenvalue weighted by atomic mass is 79.9. The van der Waals surface area contributed by atoms with Gasteiger partial charge in [-0.25, -0.2) is 0 Å². The third-order valence-corrected chi connectivity index (χ3v) is 4.63. The van der Waals surface area contributed by atoms with E-state index in [9.17, 15) is 0 Å². The van der Waals surface area contributed by atoms with Crippen molar-refractivity contribution < 1.29 is 4.74 Å². The van der Waals surface area contributed by atoms with Crippen LogP contribution in [0.25, 0.3) is 0 Å². The Balaban J connectivity index is 2.00. The van der Waals surface area contributed by atoms with Crippen LogP contribution >= 0.6 is 15.9 Å². The molecule has 0 bridgehead atoms. The van der Waals surface area contributed by atoms with Crippen LogP contribution in [-0.4, -0.2) is 25.7 Å². The van der Waals surface area contributed by atoms with Gasteiger partial charge < -0.3 is 15.4 Å². The summed E-state index contributed by atoms with van der Waals surface area (Å²) in [7, 11) is 1.73. The first-order valence-electron chi connectivity index (χ1n) is 7.94. The number of hydrogen-bond donors (Lipinski definition) is 2. The first-order valence-corrected chi connectivity index (χ1v) is 8.73. The van der Waals surface area contributed by atoms with Crippen molar-refractivity contribution in [3.8, 4) is 5.75 Å². The molecule has 0 spiro atoms. The number of ether oxygens (including phenoxy) is 1. The Kier molecular flexibility index (Phi) is 6.37. The van der Waals surface area contributed by atoms with Crippen molar-refractivity contribution in [3.05, 3.63) is 22.2 Å². The standard InChI is InChI=1S/C17H27BrN2O/c1-12-9-14(18)11-16(21-3)17(12)20-13(2)10-15-7-5-4-6-8-19-15/h9,11,13,15,19-20H,4-8,10H2,1-3H3. The van der Waals surface area contributed by atoms with Crippen LogP contribution in [0.2, 0.25) is 0 Å². The number of hydrogen-bond acceptors (Lipinski definition) is 3. The predicted molar refractivity (Wildman–Crippen MR) is 93.4 cm³/mol. The van der Waals surface area contributed by atoms with E-state index >= 15 is 0 Å². The molecule has 1 aromatic carbocycles. The van der Waals surface area contributed by atoms with E-state index in [-0.39, 0.29) is 0 Å². The first-order chi connectivity index (χ1) is 10.1. The number of benzene rings is 1. The molecule has 2 N–H and O–H groups in total. The minimum atomic E-state index is 0.425. The minimum Gasteiger partial charge on any atom is -0.495 e. The molecule has 1 heterocycles. The number of anilines is 1. The lowest BCUT2D eigenvalue weighted by Gasteiger charge is -2.24. The van der Waals surface area contributed by atoms with Crippen molar-refractivity contribution in [2.45, 2.75) is 58.0 Å². The average molecular weight is 355 g/mol. The molecule has 118 valence electrons. The van der Waals surface area contributed by atoms with Crippen LogP contribution in [-0.2, 0) is 0 Å². The molecule has 0 aliphatic carbocycles. The summed E-state index contributed by atoms with van der Waals surface area (Å²) in [4.78, 5) is 0. The summed E-state index contributed by atoms with van der Waals surface area (Å²) in [6.45, 7) is 5.54. The van der Waals surface area contributed by atoms with Crippen LogP contribution in [0, 0.1) is 6.92 Å². The molecule has 2 rings (SSSR count). The van der Waals surface area contributed by atoms with Gasteiger partial charge in [-0.15, -0.1) is 0 Å². The van der Waals surface area contributed by atoms with Crippen molar-refractivity contribution in [3.63, 3.8) is 0 Å². The molecule has 2 unspecified atom stereocenters. The Morgan fingerprint density at radius 1 is 1.38 bits per heavy atom. The molecule has 1 aromatic rings. The second-order valence-electron chi connectivity index (χ2n) is 6.08. The normalized spacial score (nSPS) is 20.7. The highest BCUT2D eigenvalue weighted by Crippen LogP contribution is 2.33. The monoisotopic (exact) mass is 354 g/mol. The van der Waals surface area contributed by atoms with Crippen LogP contribution in [0.4, 0.5) is 5.69 Å². The molecule has 1 saturated heterocycles. The fourth-order valence-corrected chi connectivity index (χ4v) is 3.64. The second-order valence-corrected chi connectivity index (χ2v) is 7.00. The van der Waals surface area contributed by atoms with E-state index in [0.717, 1.165) is 28.9 Å². The molecule has 1 aliphatic heterocycles. The lowest BCUT2D eigenvalue weighted by atomic mass is 10.0. The topological polar surface area (TPSA) is 33.3 Å². The van der Waals surface area contributed by atoms with Crippen molar-refractivity contribution in [1.82, 2.24) is 5.32 Å². The Morgan fingerprint density at radius 2 is 2.19 bits per heavy atom. The van der Waals surface area contributed by atoms with Gasteiger partial charge in [0, 0.05) is 16.6 Å². The molecule has 21 heavy (non-hydrogen) atoms. The molecule has 2 atom stereocenters. The van der Waals surface area contributed by atoms with Crippen molar-refractivity contribution in [1.29, 1.82) is 0 Å². The molecule has 4 heteroatoms. The Morgan fingerprint density at radius 3 is 2.95 bits per heavy atom. The van der Waals surface area contributed by atoms with Gasteiger partial charge in [0.2, 0.25) is 0 Å². The maximum atomic E-state index is 5.51. The zero-order valence-electron chi connectivity index (χ0n) is 13.3. The van der Waals surface area contributed by atoms with E-state index in [1.165, 1.54) is 31.2 Å². The molecule has 0 radical (unpaired) electrons. The van der Waals surface area contributed by atoms with Crippen LogP contribution in [0.15, 0.2) is 16.6 Å². The fraction of sp³-hybridized carbons (Fsp3) is 0.647. The SMILES string of the molecule is COc1cc(Br)cc(C)c1NC(C)CC1CCCCCN1. The van der Waals surface area contributed by atoms with Crippen LogP contribution in [0.3, 0.4) is 0 Å². The molecule has 1 aliphatic rings. The highest BCUT2D eigenvalue weighted by Gasteiger charge is 2.17. The molecule has 0 saturated carbocycles. The van der Waals surface area contributed by atoms with Gasteiger partial charge in [0.1, 0.15) is 5.75 Å². The van der Waals surface area contributed by atoms with Crippen molar-refractivity contribution in [2.24, 2.45) is 0 Å². The Hall–Kier alpha value is -0.740. The van der Waals surface area contributed by atoms with E-state index in [4.69, 9.17) is 4.74 Å². The summed E-state index contributed by atoms with van der Waals surface area (Å²) in [5, 5.41) is 7.31. The maximum absolute atomic E-state index is 5.51. The first kappa shape index (κ1) is 16.6. The number of rotatable bonds is 5. The summed E-state index contributed by atoms with van der Waals surface area (Å²) in [6.07, 6.45) is 6.48. The van der Waals surface area contributed by atoms with E-state index < -0.39 is 0 Å². The van der Waals surface area contributed by atoms with Gasteiger partial charge in [0.05, 0.1) is 12.8 Å². The van der Waals surface area contributed by atoms with E-state index in [0.29, 0.717) is 12.1 Å². The quantitative estimate of drug-likeness (QED) is 0.817. The number of nitrogens with one attached hydrogen (secondary N) is 2. The number of methoxy groups -OCH3 is 1. The van der Waals surface area contributed by atoms with Gasteiger partial charge in [0.25, 0.3) is 0 Å². The summed E-state index contributed by atoms with van der Waals surface area (Å²) in [6, 6.07) is 5.21. The summed E-state index contributed by atoms with van der Waals surface area (Å²) >= 11 is 3.52. The smallest absolute Gasteiger partial charge is 0.143 e. The number of aryl methyl sites for hydroxylation is 1. The zero-order chi connectivity index (χ0) is 15.2. The van der Waals surface area contributed by atoms with E-state index in [1.54, 1.807) is 7.11 Å². The largest absolute Gasteiger partial charge is 0.495 e. The zero-order valence-corrected chi connectivity index (χ0v) is 14.9. The number of halogens is 1. The van der Waals surface area contributed by atoms with E-state index in [2.05, 4.69) is 46.5 Å². The van der Waals surface area contributed by atoms with E-state index in [1.807, 2.05) is 6.07 Å². The molecular formula is C17H27BrN2O. The maximum Gasteiger partial charge on any atom is 0.143 e. The minimum absolute atomic E-state index is 0.425. The Bertz CT molecular complexity index is 456. The van der Waals surface area contributed by atoms with Gasteiger partial charge in [-0.05, 0) is 57.4 Å². The van der Waals surface area contributed by atoms with Gasteiger partial charge in [-0.2, -0.15) is 0 Å². The van der Waals surface area contributed by atoms with Gasteiger partial charge in [-0.3, -0.25) is 0 Å². The summed E-state index contributed by atoms with van der Waals surface area (Å²) < 4.78 is 6.57. The third-order valence-electron chi connectivity index (χ3n) is 4.18. The second kappa shape index (κ2) is 8.04. The van der Waals surface area contributed by atoms with Gasteiger partial charge in [0.15, 0.2) is 0 Å². The van der Waals surface area contributed by atoms with Crippen molar-refractivity contribution in [2.75, 3.05) is 19.0 Å². The van der Waals surface area contributed by atoms with Gasteiger partial charge in [-0.1, -0.05) is 28.8 Å². The summed E-state index contributed by atoms with van der Waals surface area (Å²) in [5.41, 5.74) is 2.32. The molecular weight excluding hydrogens is 328 g/mol. The van der Waals surface area contributed by atoms with Crippen LogP contribution in [0.5, 0.6) is 5.75 Å². The third kappa shape index (κ3) is 4.89. The lowest BCUT2D eigenvalue weighted by Crippen LogP contribution is -2.33. The predicted octanol–water partition coefficient (Wildman–Crippen LogP) is 4.49. The van der Waals surface area contributed by atoms with Gasteiger partial charge >= 0.3 is 0 Å². The lowest BCUT2D eigenvalue weighted by molar-refractivity contribution is 0.413. The van der Waals surface area contributed by atoms with Crippen LogP contribution < -0.4 is 15.4 Å². The molecule has 0 aromatic heterocycles. The molecule has 0 amide bonds. The Labute approximate surface area is 137 Å². The van der Waals surface area contributed by atoms with Crippen LogP contribution in [0.1, 0.15) is 44.6 Å². The van der Waals surface area contributed by atoms with Crippen molar-refractivity contribution >= 4 is 21.6 Å².